The van der Waals surface area contributed by atoms with Gasteiger partial charge in [-0.05, 0) is 30.5 Å². The fraction of sp³-hybridized carbons (Fsp3) is 0.375. The maximum Gasteiger partial charge on any atom is 0.573 e. The Bertz CT molecular complexity index is 797. The summed E-state index contributed by atoms with van der Waals surface area (Å²) in [6.45, 7) is 0.584. The van der Waals surface area contributed by atoms with Crippen molar-refractivity contribution in [3.63, 3.8) is 0 Å². The highest BCUT2D eigenvalue weighted by atomic mass is 19.4. The largest absolute Gasteiger partial charge is 0.573 e. The van der Waals surface area contributed by atoms with E-state index in [1.54, 1.807) is 4.90 Å². The number of oxazole rings is 1. The van der Waals surface area contributed by atoms with Gasteiger partial charge < -0.3 is 24.3 Å². The van der Waals surface area contributed by atoms with Crippen LogP contribution in [0, 0.1) is 0 Å². The fourth-order valence-corrected chi connectivity index (χ4v) is 2.85. The second-order valence-corrected chi connectivity index (χ2v) is 5.91. The van der Waals surface area contributed by atoms with Crippen molar-refractivity contribution in [1.82, 2.24) is 4.98 Å². The van der Waals surface area contributed by atoms with E-state index in [2.05, 4.69) is 9.72 Å². The number of carboxylic acids is 1. The molecule has 3 rings (SSSR count). The van der Waals surface area contributed by atoms with Crippen LogP contribution in [0.2, 0.25) is 0 Å². The zero-order valence-electron chi connectivity index (χ0n) is 13.4. The van der Waals surface area contributed by atoms with E-state index in [-0.39, 0.29) is 24.6 Å². The number of nitrogens with zero attached hydrogens (tertiary/aromatic N) is 2. The molecule has 2 aromatic rings. The highest BCUT2D eigenvalue weighted by molar-refractivity contribution is 5.85. The number of benzene rings is 1. The number of ether oxygens (including phenoxy) is 1. The third-order valence-corrected chi connectivity index (χ3v) is 4.18. The number of aromatic carboxylic acids is 1. The minimum atomic E-state index is -4.81. The van der Waals surface area contributed by atoms with E-state index in [1.807, 2.05) is 0 Å². The lowest BCUT2D eigenvalue weighted by Gasteiger charge is -2.38. The van der Waals surface area contributed by atoms with Gasteiger partial charge in [0, 0.05) is 13.1 Å². The molecule has 2 N–H and O–H groups in total. The molecular weight excluding hydrogens is 357 g/mol. The summed E-state index contributed by atoms with van der Waals surface area (Å²) >= 11 is 0. The van der Waals surface area contributed by atoms with Crippen molar-refractivity contribution in [1.29, 1.82) is 0 Å². The average Bonchev–Trinajstić information content (AvgIpc) is 3.04. The Balaban J connectivity index is 1.71. The van der Waals surface area contributed by atoms with Gasteiger partial charge in [0.25, 0.3) is 6.01 Å². The lowest BCUT2D eigenvalue weighted by molar-refractivity contribution is -0.274. The monoisotopic (exact) mass is 372 g/mol. The van der Waals surface area contributed by atoms with Crippen LogP contribution in [0.25, 0.3) is 0 Å². The Kier molecular flexibility index (Phi) is 4.53. The molecule has 10 heteroatoms. The Morgan fingerprint density at radius 2 is 2.00 bits per heavy atom. The molecule has 2 heterocycles. The van der Waals surface area contributed by atoms with Gasteiger partial charge >= 0.3 is 12.3 Å². The number of piperidine rings is 1. The summed E-state index contributed by atoms with van der Waals surface area (Å²) in [6, 6.07) is 5.37. The molecule has 0 unspecified atom stereocenters. The number of hydrogen-bond acceptors (Lipinski definition) is 6. The van der Waals surface area contributed by atoms with Crippen LogP contribution in [0.1, 0.15) is 28.9 Å². The summed E-state index contributed by atoms with van der Waals surface area (Å²) in [5.41, 5.74) is -1.24. The first-order valence-electron chi connectivity index (χ1n) is 7.69. The number of halogens is 3. The zero-order chi connectivity index (χ0) is 18.9. The van der Waals surface area contributed by atoms with Crippen molar-refractivity contribution >= 4 is 12.0 Å². The van der Waals surface area contributed by atoms with E-state index < -0.39 is 23.7 Å². The SMILES string of the molecule is O=C(O)c1coc(N2CCC(O)(c3cccc(OC(F)(F)F)c3)CC2)n1. The molecule has 0 radical (unpaired) electrons. The lowest BCUT2D eigenvalue weighted by atomic mass is 9.84. The van der Waals surface area contributed by atoms with Crippen molar-refractivity contribution in [3.8, 4) is 5.75 Å². The standard InChI is InChI=1S/C16H15F3N2O5/c17-16(18,19)26-11-3-1-2-10(8-11)15(24)4-6-21(7-5-15)14-20-12(9-25-14)13(22)23/h1-3,8-9,24H,4-7H2,(H,22,23). The smallest absolute Gasteiger partial charge is 0.476 e. The number of aromatic nitrogens is 1. The van der Waals surface area contributed by atoms with E-state index in [1.165, 1.54) is 12.1 Å². The van der Waals surface area contributed by atoms with Gasteiger partial charge in [-0.2, -0.15) is 4.98 Å². The van der Waals surface area contributed by atoms with E-state index in [9.17, 15) is 23.1 Å². The average molecular weight is 372 g/mol. The molecule has 1 aromatic heterocycles. The van der Waals surface area contributed by atoms with Crippen molar-refractivity contribution in [2.75, 3.05) is 18.0 Å². The number of carbonyl (C=O) groups is 1. The quantitative estimate of drug-likeness (QED) is 0.852. The Hall–Kier alpha value is -2.75. The predicted molar refractivity (Wildman–Crippen MR) is 81.9 cm³/mol. The number of rotatable bonds is 4. The Morgan fingerprint density at radius 1 is 1.31 bits per heavy atom. The Labute approximate surface area is 145 Å². The zero-order valence-corrected chi connectivity index (χ0v) is 13.4. The maximum atomic E-state index is 12.4. The molecule has 0 spiro atoms. The summed E-state index contributed by atoms with van der Waals surface area (Å²) < 4.78 is 46.1. The fourth-order valence-electron chi connectivity index (χ4n) is 2.85. The van der Waals surface area contributed by atoms with Gasteiger partial charge in [0.2, 0.25) is 0 Å². The molecule has 0 bridgehead atoms. The topological polar surface area (TPSA) is 96.0 Å². The molecule has 7 nitrogen and oxygen atoms in total. The summed E-state index contributed by atoms with van der Waals surface area (Å²) in [5, 5.41) is 19.7. The third-order valence-electron chi connectivity index (χ3n) is 4.18. The second kappa shape index (κ2) is 6.52. The molecule has 26 heavy (non-hydrogen) atoms. The van der Waals surface area contributed by atoms with Crippen LogP contribution >= 0.6 is 0 Å². The molecule has 0 atom stereocenters. The molecule has 1 fully saturated rings. The van der Waals surface area contributed by atoms with E-state index in [0.717, 1.165) is 18.4 Å². The predicted octanol–water partition coefficient (Wildman–Crippen LogP) is 2.76. The minimum absolute atomic E-state index is 0.124. The molecule has 0 saturated carbocycles. The number of alkyl halides is 3. The van der Waals surface area contributed by atoms with Gasteiger partial charge in [-0.3, -0.25) is 0 Å². The van der Waals surface area contributed by atoms with Crippen molar-refractivity contribution in [2.24, 2.45) is 0 Å². The third kappa shape index (κ3) is 3.90. The van der Waals surface area contributed by atoms with Gasteiger partial charge in [0.05, 0.1) is 5.60 Å². The van der Waals surface area contributed by atoms with Crippen LogP contribution < -0.4 is 9.64 Å². The van der Waals surface area contributed by atoms with E-state index in [0.29, 0.717) is 18.7 Å². The van der Waals surface area contributed by atoms with Crippen molar-refractivity contribution in [3.05, 3.63) is 41.8 Å². The summed E-state index contributed by atoms with van der Waals surface area (Å²) in [7, 11) is 0. The summed E-state index contributed by atoms with van der Waals surface area (Å²) in [5.74, 6) is -1.61. The number of aliphatic hydroxyl groups is 1. The normalized spacial score (nSPS) is 17.2. The first-order valence-corrected chi connectivity index (χ1v) is 7.69. The number of hydrogen-bond donors (Lipinski definition) is 2. The highest BCUT2D eigenvalue weighted by Crippen LogP contribution is 2.36. The number of carboxylic acid groups (broad SMARTS) is 1. The van der Waals surface area contributed by atoms with Crippen LogP contribution in [0.4, 0.5) is 19.2 Å². The summed E-state index contributed by atoms with van der Waals surface area (Å²) in [6.07, 6.45) is -3.38. The van der Waals surface area contributed by atoms with Gasteiger partial charge in [0.15, 0.2) is 5.69 Å². The first kappa shape index (κ1) is 18.1. The van der Waals surface area contributed by atoms with Gasteiger partial charge in [-0.15, -0.1) is 13.2 Å². The van der Waals surface area contributed by atoms with Gasteiger partial charge in [-0.25, -0.2) is 4.79 Å². The van der Waals surface area contributed by atoms with Crippen LogP contribution in [-0.2, 0) is 5.60 Å². The lowest BCUT2D eigenvalue weighted by Crippen LogP contribution is -2.42. The van der Waals surface area contributed by atoms with Crippen molar-refractivity contribution < 1.29 is 37.3 Å². The molecule has 0 aliphatic carbocycles. The van der Waals surface area contributed by atoms with Gasteiger partial charge in [-0.1, -0.05) is 12.1 Å². The van der Waals surface area contributed by atoms with E-state index >= 15 is 0 Å². The summed E-state index contributed by atoms with van der Waals surface area (Å²) in [4.78, 5) is 16.3. The first-order chi connectivity index (χ1) is 12.2. The number of anilines is 1. The van der Waals surface area contributed by atoms with E-state index in [4.69, 9.17) is 9.52 Å². The van der Waals surface area contributed by atoms with Crippen LogP contribution in [-0.4, -0.2) is 40.6 Å². The second-order valence-electron chi connectivity index (χ2n) is 5.91. The molecule has 0 amide bonds. The molecule has 140 valence electrons. The van der Waals surface area contributed by atoms with Crippen LogP contribution in [0.5, 0.6) is 5.75 Å². The highest BCUT2D eigenvalue weighted by Gasteiger charge is 2.37. The molecule has 1 aromatic carbocycles. The van der Waals surface area contributed by atoms with Crippen molar-refractivity contribution in [2.45, 2.75) is 24.8 Å². The molecule has 1 aliphatic rings. The molecule has 1 saturated heterocycles. The molecule has 1 aliphatic heterocycles. The van der Waals surface area contributed by atoms with Gasteiger partial charge in [0.1, 0.15) is 12.0 Å². The van der Waals surface area contributed by atoms with Crippen LogP contribution in [0.3, 0.4) is 0 Å². The van der Waals surface area contributed by atoms with Crippen LogP contribution in [0.15, 0.2) is 34.9 Å². The Morgan fingerprint density at radius 3 is 2.58 bits per heavy atom. The molecular formula is C16H15F3N2O5. The maximum absolute atomic E-state index is 12.4. The minimum Gasteiger partial charge on any atom is -0.476 e.